The molecule has 0 aliphatic rings. The average molecular weight is 275 g/mol. The predicted molar refractivity (Wildman–Crippen MR) is 78.1 cm³/mol. The van der Waals surface area contributed by atoms with Gasteiger partial charge in [-0.25, -0.2) is 4.39 Å². The van der Waals surface area contributed by atoms with Gasteiger partial charge in [0.15, 0.2) is 11.5 Å². The van der Waals surface area contributed by atoms with E-state index in [4.69, 9.17) is 9.47 Å². The van der Waals surface area contributed by atoms with Crippen LogP contribution in [0.1, 0.15) is 5.56 Å². The van der Waals surface area contributed by atoms with Gasteiger partial charge in [0.2, 0.25) is 0 Å². The summed E-state index contributed by atoms with van der Waals surface area (Å²) in [7, 11) is 5.20. The number of ether oxygens (including phenoxy) is 2. The molecular formula is C16H18FNO2. The standard InChI is InChI=1S/C16H18FNO2/c1-18(11-12-4-6-13(17)7-5-12)14-8-9-15(19-2)16(10-14)20-3/h4-10H,11H2,1-3H3. The summed E-state index contributed by atoms with van der Waals surface area (Å²) in [6.07, 6.45) is 0. The zero-order valence-corrected chi connectivity index (χ0v) is 11.9. The molecule has 2 aromatic rings. The van der Waals surface area contributed by atoms with Crippen LogP contribution in [0, 0.1) is 5.82 Å². The monoisotopic (exact) mass is 275 g/mol. The molecule has 0 saturated carbocycles. The molecule has 0 atom stereocenters. The molecule has 2 rings (SSSR count). The van der Waals surface area contributed by atoms with Crippen LogP contribution in [0.4, 0.5) is 10.1 Å². The third-order valence-electron chi connectivity index (χ3n) is 3.14. The van der Waals surface area contributed by atoms with Crippen molar-refractivity contribution in [2.24, 2.45) is 0 Å². The van der Waals surface area contributed by atoms with Crippen LogP contribution in [-0.4, -0.2) is 21.3 Å². The van der Waals surface area contributed by atoms with Crippen molar-refractivity contribution in [2.45, 2.75) is 6.54 Å². The molecule has 4 heteroatoms. The Hall–Kier alpha value is -2.23. The van der Waals surface area contributed by atoms with E-state index in [9.17, 15) is 4.39 Å². The normalized spacial score (nSPS) is 10.2. The van der Waals surface area contributed by atoms with Gasteiger partial charge in [-0.15, -0.1) is 0 Å². The molecule has 0 N–H and O–H groups in total. The molecule has 106 valence electrons. The summed E-state index contributed by atoms with van der Waals surface area (Å²) in [5.74, 6) is 1.17. The van der Waals surface area contributed by atoms with Crippen LogP contribution in [-0.2, 0) is 6.54 Å². The van der Waals surface area contributed by atoms with Crippen LogP contribution in [0.3, 0.4) is 0 Å². The summed E-state index contributed by atoms with van der Waals surface area (Å²) in [6.45, 7) is 0.690. The fraction of sp³-hybridized carbons (Fsp3) is 0.250. The van der Waals surface area contributed by atoms with Gasteiger partial charge < -0.3 is 14.4 Å². The van der Waals surface area contributed by atoms with Gasteiger partial charge in [-0.05, 0) is 29.8 Å². The molecule has 0 bridgehead atoms. The Morgan fingerprint density at radius 3 is 2.20 bits per heavy atom. The second-order valence-electron chi connectivity index (χ2n) is 4.52. The largest absolute Gasteiger partial charge is 0.493 e. The zero-order valence-electron chi connectivity index (χ0n) is 11.9. The molecule has 0 aromatic heterocycles. The first-order valence-corrected chi connectivity index (χ1v) is 6.31. The average Bonchev–Trinajstić information content (AvgIpc) is 2.48. The summed E-state index contributed by atoms with van der Waals surface area (Å²) >= 11 is 0. The van der Waals surface area contributed by atoms with E-state index in [2.05, 4.69) is 4.90 Å². The van der Waals surface area contributed by atoms with E-state index in [1.54, 1.807) is 26.4 Å². The van der Waals surface area contributed by atoms with Gasteiger partial charge in [-0.3, -0.25) is 0 Å². The Morgan fingerprint density at radius 2 is 1.60 bits per heavy atom. The highest BCUT2D eigenvalue weighted by molar-refractivity contribution is 5.56. The quantitative estimate of drug-likeness (QED) is 0.834. The Kier molecular flexibility index (Phi) is 4.45. The highest BCUT2D eigenvalue weighted by Gasteiger charge is 2.08. The Bertz CT molecular complexity index is 569. The molecule has 0 spiro atoms. The maximum Gasteiger partial charge on any atom is 0.162 e. The van der Waals surface area contributed by atoms with Gasteiger partial charge in [0.25, 0.3) is 0 Å². The highest BCUT2D eigenvalue weighted by Crippen LogP contribution is 2.31. The molecule has 3 nitrogen and oxygen atoms in total. The summed E-state index contributed by atoms with van der Waals surface area (Å²) in [4.78, 5) is 2.06. The molecule has 2 aromatic carbocycles. The fourth-order valence-corrected chi connectivity index (χ4v) is 2.02. The SMILES string of the molecule is COc1ccc(N(C)Cc2ccc(F)cc2)cc1OC. The lowest BCUT2D eigenvalue weighted by Gasteiger charge is -2.20. The summed E-state index contributed by atoms with van der Waals surface area (Å²) in [6, 6.07) is 12.3. The van der Waals surface area contributed by atoms with Crippen LogP contribution in [0.2, 0.25) is 0 Å². The van der Waals surface area contributed by atoms with E-state index in [1.165, 1.54) is 12.1 Å². The number of halogens is 1. The van der Waals surface area contributed by atoms with Gasteiger partial charge >= 0.3 is 0 Å². The molecule has 0 aliphatic carbocycles. The van der Waals surface area contributed by atoms with Gasteiger partial charge in [0.1, 0.15) is 5.82 Å². The maximum absolute atomic E-state index is 12.9. The lowest BCUT2D eigenvalue weighted by atomic mass is 10.2. The zero-order chi connectivity index (χ0) is 14.5. The summed E-state index contributed by atoms with van der Waals surface area (Å²) < 4.78 is 23.4. The second-order valence-corrected chi connectivity index (χ2v) is 4.52. The van der Waals surface area contributed by atoms with Crippen LogP contribution < -0.4 is 14.4 Å². The molecule has 20 heavy (non-hydrogen) atoms. The van der Waals surface area contributed by atoms with Crippen molar-refractivity contribution < 1.29 is 13.9 Å². The van der Waals surface area contributed by atoms with Gasteiger partial charge in [0, 0.05) is 25.3 Å². The molecule has 0 unspecified atom stereocenters. The first kappa shape index (κ1) is 14.2. The van der Waals surface area contributed by atoms with Gasteiger partial charge in [-0.1, -0.05) is 12.1 Å². The Balaban J connectivity index is 2.16. The van der Waals surface area contributed by atoms with Crippen molar-refractivity contribution in [2.75, 3.05) is 26.2 Å². The van der Waals surface area contributed by atoms with E-state index >= 15 is 0 Å². The number of nitrogens with zero attached hydrogens (tertiary/aromatic N) is 1. The van der Waals surface area contributed by atoms with E-state index in [-0.39, 0.29) is 5.82 Å². The molecule has 0 saturated heterocycles. The maximum atomic E-state index is 12.9. The van der Waals surface area contributed by atoms with Crippen molar-refractivity contribution in [3.63, 3.8) is 0 Å². The summed E-state index contributed by atoms with van der Waals surface area (Å²) in [5, 5.41) is 0. The first-order chi connectivity index (χ1) is 9.63. The van der Waals surface area contributed by atoms with Crippen molar-refractivity contribution in [3.8, 4) is 11.5 Å². The Labute approximate surface area is 118 Å². The van der Waals surface area contributed by atoms with Crippen molar-refractivity contribution in [1.82, 2.24) is 0 Å². The lowest BCUT2D eigenvalue weighted by Crippen LogP contribution is -2.16. The lowest BCUT2D eigenvalue weighted by molar-refractivity contribution is 0.355. The number of anilines is 1. The number of methoxy groups -OCH3 is 2. The molecule has 0 fully saturated rings. The van der Waals surface area contributed by atoms with Crippen molar-refractivity contribution in [1.29, 1.82) is 0 Å². The van der Waals surface area contributed by atoms with Crippen LogP contribution in [0.15, 0.2) is 42.5 Å². The number of hydrogen-bond donors (Lipinski definition) is 0. The minimum Gasteiger partial charge on any atom is -0.493 e. The van der Waals surface area contributed by atoms with E-state index in [0.29, 0.717) is 18.0 Å². The number of rotatable bonds is 5. The van der Waals surface area contributed by atoms with Crippen LogP contribution >= 0.6 is 0 Å². The number of benzene rings is 2. The highest BCUT2D eigenvalue weighted by atomic mass is 19.1. The third kappa shape index (κ3) is 3.20. The second kappa shape index (κ2) is 6.28. The van der Waals surface area contributed by atoms with Gasteiger partial charge in [-0.2, -0.15) is 0 Å². The van der Waals surface area contributed by atoms with Crippen molar-refractivity contribution >= 4 is 5.69 Å². The third-order valence-corrected chi connectivity index (χ3v) is 3.14. The van der Waals surface area contributed by atoms with Crippen LogP contribution in [0.5, 0.6) is 11.5 Å². The van der Waals surface area contributed by atoms with Gasteiger partial charge in [0.05, 0.1) is 14.2 Å². The molecule has 0 aliphatic heterocycles. The molecular weight excluding hydrogens is 257 g/mol. The fourth-order valence-electron chi connectivity index (χ4n) is 2.02. The molecule has 0 radical (unpaired) electrons. The smallest absolute Gasteiger partial charge is 0.162 e. The van der Waals surface area contributed by atoms with E-state index in [1.807, 2.05) is 25.2 Å². The number of hydrogen-bond acceptors (Lipinski definition) is 3. The predicted octanol–water partition coefficient (Wildman–Crippen LogP) is 3.48. The van der Waals surface area contributed by atoms with Crippen LogP contribution in [0.25, 0.3) is 0 Å². The topological polar surface area (TPSA) is 21.7 Å². The summed E-state index contributed by atoms with van der Waals surface area (Å²) in [5.41, 5.74) is 2.05. The molecule has 0 amide bonds. The first-order valence-electron chi connectivity index (χ1n) is 6.31. The Morgan fingerprint density at radius 1 is 0.950 bits per heavy atom. The molecule has 0 heterocycles. The minimum atomic E-state index is -0.220. The minimum absolute atomic E-state index is 0.220. The van der Waals surface area contributed by atoms with E-state index in [0.717, 1.165) is 11.3 Å². The van der Waals surface area contributed by atoms with Crippen molar-refractivity contribution in [3.05, 3.63) is 53.8 Å². The van der Waals surface area contributed by atoms with E-state index < -0.39 is 0 Å².